The average Bonchev–Trinajstić information content (AvgIpc) is 2.19. The van der Waals surface area contributed by atoms with Gasteiger partial charge in [-0.05, 0) is 66.3 Å². The standard InChI is InChI=1S/C11H15BrN2/c12-11-5-1-4-10(14-11)7-9-3-2-6-13-8-9/h1,4-5,9,13H,2-3,6-8H2/t9-/m0/s1. The highest BCUT2D eigenvalue weighted by Crippen LogP contribution is 2.16. The smallest absolute Gasteiger partial charge is 0.106 e. The molecule has 1 N–H and O–H groups in total. The summed E-state index contributed by atoms with van der Waals surface area (Å²) in [6.45, 7) is 2.33. The Morgan fingerprint density at radius 2 is 2.43 bits per heavy atom. The third-order valence-electron chi connectivity index (χ3n) is 2.67. The fourth-order valence-electron chi connectivity index (χ4n) is 1.96. The first-order valence-corrected chi connectivity index (χ1v) is 5.96. The Hall–Kier alpha value is -0.410. The van der Waals surface area contributed by atoms with Crippen molar-refractivity contribution < 1.29 is 0 Å². The van der Waals surface area contributed by atoms with Crippen LogP contribution in [-0.4, -0.2) is 18.1 Å². The lowest BCUT2D eigenvalue weighted by molar-refractivity contribution is 0.373. The summed E-state index contributed by atoms with van der Waals surface area (Å²) in [5.41, 5.74) is 1.20. The number of pyridine rings is 1. The van der Waals surface area contributed by atoms with E-state index >= 15 is 0 Å². The van der Waals surface area contributed by atoms with Crippen LogP contribution in [0.4, 0.5) is 0 Å². The number of nitrogens with one attached hydrogen (secondary N) is 1. The van der Waals surface area contributed by atoms with Crippen molar-refractivity contribution in [2.24, 2.45) is 5.92 Å². The van der Waals surface area contributed by atoms with E-state index in [-0.39, 0.29) is 0 Å². The molecule has 76 valence electrons. The van der Waals surface area contributed by atoms with Crippen LogP contribution in [0.3, 0.4) is 0 Å². The monoisotopic (exact) mass is 254 g/mol. The van der Waals surface area contributed by atoms with Crippen molar-refractivity contribution in [2.75, 3.05) is 13.1 Å². The fraction of sp³-hybridized carbons (Fsp3) is 0.545. The van der Waals surface area contributed by atoms with Crippen LogP contribution in [-0.2, 0) is 6.42 Å². The van der Waals surface area contributed by atoms with Crippen molar-refractivity contribution in [2.45, 2.75) is 19.3 Å². The summed E-state index contributed by atoms with van der Waals surface area (Å²) in [7, 11) is 0. The van der Waals surface area contributed by atoms with Gasteiger partial charge in [-0.25, -0.2) is 4.98 Å². The van der Waals surface area contributed by atoms with Gasteiger partial charge in [0.05, 0.1) is 0 Å². The van der Waals surface area contributed by atoms with Crippen LogP contribution in [0, 0.1) is 5.92 Å². The van der Waals surface area contributed by atoms with Gasteiger partial charge in [-0.2, -0.15) is 0 Å². The van der Waals surface area contributed by atoms with Crippen molar-refractivity contribution in [3.63, 3.8) is 0 Å². The number of aromatic nitrogens is 1. The summed E-state index contributed by atoms with van der Waals surface area (Å²) in [6, 6.07) is 6.14. The van der Waals surface area contributed by atoms with E-state index in [0.717, 1.165) is 23.5 Å². The van der Waals surface area contributed by atoms with Gasteiger partial charge in [0, 0.05) is 5.69 Å². The average molecular weight is 255 g/mol. The molecular formula is C11H15BrN2. The molecule has 0 bridgehead atoms. The topological polar surface area (TPSA) is 24.9 Å². The molecule has 2 heterocycles. The Morgan fingerprint density at radius 3 is 3.14 bits per heavy atom. The summed E-state index contributed by atoms with van der Waals surface area (Å²) in [6.07, 6.45) is 3.74. The molecule has 1 aliphatic heterocycles. The molecule has 0 amide bonds. The third-order valence-corrected chi connectivity index (χ3v) is 3.11. The molecular weight excluding hydrogens is 240 g/mol. The molecule has 0 saturated carbocycles. The van der Waals surface area contributed by atoms with Gasteiger partial charge in [-0.1, -0.05) is 6.07 Å². The third kappa shape index (κ3) is 2.79. The van der Waals surface area contributed by atoms with Crippen LogP contribution < -0.4 is 5.32 Å². The molecule has 0 aliphatic carbocycles. The van der Waals surface area contributed by atoms with Crippen molar-refractivity contribution in [1.29, 1.82) is 0 Å². The molecule has 0 spiro atoms. The Bertz CT molecular complexity index is 295. The number of piperidine rings is 1. The van der Waals surface area contributed by atoms with Gasteiger partial charge in [0.25, 0.3) is 0 Å². The van der Waals surface area contributed by atoms with E-state index in [1.165, 1.54) is 25.1 Å². The quantitative estimate of drug-likeness (QED) is 0.821. The van der Waals surface area contributed by atoms with Gasteiger partial charge < -0.3 is 5.32 Å². The van der Waals surface area contributed by atoms with E-state index < -0.39 is 0 Å². The predicted molar refractivity (Wildman–Crippen MR) is 61.2 cm³/mol. The molecule has 0 radical (unpaired) electrons. The lowest BCUT2D eigenvalue weighted by Crippen LogP contribution is -2.31. The molecule has 1 aliphatic rings. The number of hydrogen-bond donors (Lipinski definition) is 1. The van der Waals surface area contributed by atoms with Crippen LogP contribution in [0.1, 0.15) is 18.5 Å². The largest absolute Gasteiger partial charge is 0.316 e. The van der Waals surface area contributed by atoms with E-state index in [2.05, 4.69) is 38.4 Å². The molecule has 2 nitrogen and oxygen atoms in total. The maximum absolute atomic E-state index is 4.46. The lowest BCUT2D eigenvalue weighted by Gasteiger charge is -2.22. The summed E-state index contributed by atoms with van der Waals surface area (Å²) in [5, 5.41) is 3.43. The van der Waals surface area contributed by atoms with Crippen LogP contribution in [0.15, 0.2) is 22.8 Å². The van der Waals surface area contributed by atoms with Crippen LogP contribution >= 0.6 is 15.9 Å². The molecule has 1 atom stereocenters. The first kappa shape index (κ1) is 10.1. The van der Waals surface area contributed by atoms with Crippen LogP contribution in [0.25, 0.3) is 0 Å². The number of nitrogens with zero attached hydrogens (tertiary/aromatic N) is 1. The highest BCUT2D eigenvalue weighted by molar-refractivity contribution is 9.10. The van der Waals surface area contributed by atoms with E-state index in [1.54, 1.807) is 0 Å². The van der Waals surface area contributed by atoms with Crippen molar-refractivity contribution in [3.8, 4) is 0 Å². The van der Waals surface area contributed by atoms with E-state index in [0.29, 0.717) is 0 Å². The first-order chi connectivity index (χ1) is 6.84. The molecule has 0 unspecified atom stereocenters. The zero-order valence-corrected chi connectivity index (χ0v) is 9.76. The maximum atomic E-state index is 4.46. The minimum Gasteiger partial charge on any atom is -0.316 e. The normalized spacial score (nSPS) is 22.2. The Labute approximate surface area is 93.3 Å². The van der Waals surface area contributed by atoms with Crippen molar-refractivity contribution in [3.05, 3.63) is 28.5 Å². The number of rotatable bonds is 2. The second-order valence-electron chi connectivity index (χ2n) is 3.87. The van der Waals surface area contributed by atoms with E-state index in [1.807, 2.05) is 6.07 Å². The van der Waals surface area contributed by atoms with Gasteiger partial charge >= 0.3 is 0 Å². The Balaban J connectivity index is 1.95. The zero-order valence-electron chi connectivity index (χ0n) is 8.17. The molecule has 1 saturated heterocycles. The van der Waals surface area contributed by atoms with E-state index in [9.17, 15) is 0 Å². The molecule has 2 rings (SSSR count). The van der Waals surface area contributed by atoms with E-state index in [4.69, 9.17) is 0 Å². The van der Waals surface area contributed by atoms with Gasteiger partial charge in [0.1, 0.15) is 4.60 Å². The van der Waals surface area contributed by atoms with Gasteiger partial charge in [0.2, 0.25) is 0 Å². The van der Waals surface area contributed by atoms with Gasteiger partial charge in [0.15, 0.2) is 0 Å². The second kappa shape index (κ2) is 4.89. The highest BCUT2D eigenvalue weighted by atomic mass is 79.9. The van der Waals surface area contributed by atoms with Gasteiger partial charge in [-0.15, -0.1) is 0 Å². The molecule has 3 heteroatoms. The Kier molecular flexibility index (Phi) is 3.54. The SMILES string of the molecule is Brc1cccc(C[C@@H]2CCCNC2)n1. The minimum atomic E-state index is 0.769. The van der Waals surface area contributed by atoms with Crippen LogP contribution in [0.5, 0.6) is 0 Å². The molecule has 0 aromatic carbocycles. The lowest BCUT2D eigenvalue weighted by atomic mass is 9.94. The van der Waals surface area contributed by atoms with Crippen LogP contribution in [0.2, 0.25) is 0 Å². The molecule has 1 fully saturated rings. The minimum absolute atomic E-state index is 0.769. The second-order valence-corrected chi connectivity index (χ2v) is 4.68. The summed E-state index contributed by atoms with van der Waals surface area (Å²) in [4.78, 5) is 4.46. The molecule has 1 aromatic heterocycles. The summed E-state index contributed by atoms with van der Waals surface area (Å²) >= 11 is 3.40. The van der Waals surface area contributed by atoms with Crippen molar-refractivity contribution >= 4 is 15.9 Å². The predicted octanol–water partition coefficient (Wildman–Crippen LogP) is 2.39. The Morgan fingerprint density at radius 1 is 1.50 bits per heavy atom. The van der Waals surface area contributed by atoms with Crippen molar-refractivity contribution in [1.82, 2.24) is 10.3 Å². The zero-order chi connectivity index (χ0) is 9.80. The molecule has 1 aromatic rings. The fourth-order valence-corrected chi connectivity index (χ4v) is 2.34. The maximum Gasteiger partial charge on any atom is 0.106 e. The number of halogens is 1. The summed E-state index contributed by atoms with van der Waals surface area (Å²) in [5.74, 6) is 0.769. The summed E-state index contributed by atoms with van der Waals surface area (Å²) < 4.78 is 0.943. The van der Waals surface area contributed by atoms with Gasteiger partial charge in [-0.3, -0.25) is 0 Å². The first-order valence-electron chi connectivity index (χ1n) is 5.17. The number of hydrogen-bond acceptors (Lipinski definition) is 2. The molecule has 14 heavy (non-hydrogen) atoms. The highest BCUT2D eigenvalue weighted by Gasteiger charge is 2.13.